The van der Waals surface area contributed by atoms with Crippen LogP contribution < -0.4 is 10.2 Å². The van der Waals surface area contributed by atoms with Crippen LogP contribution in [0.5, 0.6) is 0 Å². The van der Waals surface area contributed by atoms with Gasteiger partial charge in [0.1, 0.15) is 28.8 Å². The molecule has 1 aromatic carbocycles. The first-order chi connectivity index (χ1) is 16.7. The third-order valence-corrected chi connectivity index (χ3v) is 6.99. The highest BCUT2D eigenvalue weighted by Gasteiger charge is 2.32. The number of rotatable bonds is 5. The van der Waals surface area contributed by atoms with Crippen molar-refractivity contribution in [2.24, 2.45) is 5.92 Å². The first kappa shape index (κ1) is 25.1. The molecule has 2 aromatic heterocycles. The smallest absolute Gasteiger partial charge is 0.274 e. The van der Waals surface area contributed by atoms with Gasteiger partial charge in [-0.2, -0.15) is 0 Å². The first-order valence-electron chi connectivity index (χ1n) is 10.8. The number of pyridine rings is 2. The van der Waals surface area contributed by atoms with E-state index in [1.165, 1.54) is 12.3 Å². The number of piperidine rings is 1. The number of anilines is 2. The summed E-state index contributed by atoms with van der Waals surface area (Å²) in [4.78, 5) is 23.1. The maximum absolute atomic E-state index is 14.6. The molecule has 3 heterocycles. The summed E-state index contributed by atoms with van der Waals surface area (Å²) in [5, 5.41) is 13.0. The summed E-state index contributed by atoms with van der Waals surface area (Å²) in [6, 6.07) is 5.85. The second-order valence-corrected chi connectivity index (χ2v) is 9.93. The van der Waals surface area contributed by atoms with E-state index < -0.39 is 40.7 Å². The number of aliphatic hydroxyl groups is 1. The van der Waals surface area contributed by atoms with E-state index in [1.807, 2.05) is 11.8 Å². The minimum atomic E-state index is -1.02. The summed E-state index contributed by atoms with van der Waals surface area (Å²) >= 11 is 2.20. The fourth-order valence-electron chi connectivity index (χ4n) is 4.03. The molecule has 3 aromatic rings. The third kappa shape index (κ3) is 5.18. The lowest BCUT2D eigenvalue weighted by molar-refractivity contribution is 0.102. The molecule has 3 atom stereocenters. The lowest BCUT2D eigenvalue weighted by Crippen LogP contribution is -2.49. The minimum Gasteiger partial charge on any atom is -0.392 e. The largest absolute Gasteiger partial charge is 0.392 e. The number of benzene rings is 1. The highest BCUT2D eigenvalue weighted by atomic mass is 127. The Balaban J connectivity index is 1.64. The molecule has 10 heteroatoms. The molecule has 2 N–H and O–H groups in total. The van der Waals surface area contributed by atoms with Gasteiger partial charge in [-0.1, -0.05) is 42.2 Å². The number of alkyl halides is 1. The molecule has 1 amide bonds. The van der Waals surface area contributed by atoms with Crippen LogP contribution in [0.25, 0.3) is 17.3 Å². The van der Waals surface area contributed by atoms with Gasteiger partial charge >= 0.3 is 0 Å². The zero-order chi connectivity index (χ0) is 25.3. The number of hydrogen-bond acceptors (Lipinski definition) is 5. The summed E-state index contributed by atoms with van der Waals surface area (Å²) < 4.78 is 43.6. The summed E-state index contributed by atoms with van der Waals surface area (Å²) in [6.45, 7) is 6.56. The number of carbonyl (C=O) groups is 1. The van der Waals surface area contributed by atoms with E-state index in [0.29, 0.717) is 24.5 Å². The fourth-order valence-corrected chi connectivity index (χ4v) is 5.21. The molecule has 0 bridgehead atoms. The van der Waals surface area contributed by atoms with Gasteiger partial charge in [0, 0.05) is 25.2 Å². The van der Waals surface area contributed by atoms with Crippen LogP contribution in [0, 0.1) is 23.4 Å². The van der Waals surface area contributed by atoms with Crippen LogP contribution in [0.2, 0.25) is 0 Å². The van der Waals surface area contributed by atoms with Crippen molar-refractivity contribution in [1.82, 2.24) is 9.97 Å². The second-order valence-electron chi connectivity index (χ2n) is 8.33. The third-order valence-electron chi connectivity index (χ3n) is 5.86. The predicted molar refractivity (Wildman–Crippen MR) is 137 cm³/mol. The van der Waals surface area contributed by atoms with Gasteiger partial charge in [0.25, 0.3) is 5.91 Å². The van der Waals surface area contributed by atoms with Gasteiger partial charge in [-0.15, -0.1) is 0 Å². The van der Waals surface area contributed by atoms with Crippen molar-refractivity contribution in [3.05, 3.63) is 78.0 Å². The molecule has 0 saturated carbocycles. The lowest BCUT2D eigenvalue weighted by atomic mass is 9.96. The number of amides is 1. The van der Waals surface area contributed by atoms with Crippen molar-refractivity contribution in [1.29, 1.82) is 0 Å². The van der Waals surface area contributed by atoms with Crippen LogP contribution in [0.1, 0.15) is 23.0 Å². The molecule has 0 radical (unpaired) electrons. The van der Waals surface area contributed by atoms with Gasteiger partial charge in [0.2, 0.25) is 0 Å². The standard InChI is InChI=1S/C25H22F3IN4O2/c1-3-14-8-16(27)22(17(28)9-14)23-15(26)4-5-19(31-23)25(35)32-20-10-30-7-6-21(20)33-11-13(2)24(34)18(29)12-33/h3-10,13,18,24,34H,1,11-12H2,2H3,(H,32,35)/t13-,18?,24+/m0/s1. The van der Waals surface area contributed by atoms with Crippen molar-refractivity contribution >= 4 is 45.9 Å². The normalized spacial score (nSPS) is 19.9. The molecule has 1 aliphatic heterocycles. The van der Waals surface area contributed by atoms with Crippen LogP contribution in [0.4, 0.5) is 24.5 Å². The topological polar surface area (TPSA) is 78.4 Å². The monoisotopic (exact) mass is 594 g/mol. The summed E-state index contributed by atoms with van der Waals surface area (Å²) in [5.41, 5.74) is -0.217. The van der Waals surface area contributed by atoms with E-state index in [2.05, 4.69) is 44.5 Å². The van der Waals surface area contributed by atoms with E-state index in [9.17, 15) is 23.1 Å². The molecular weight excluding hydrogens is 572 g/mol. The molecule has 1 unspecified atom stereocenters. The maximum Gasteiger partial charge on any atom is 0.274 e. The molecule has 1 saturated heterocycles. The van der Waals surface area contributed by atoms with Crippen LogP contribution >= 0.6 is 22.6 Å². The fraction of sp³-hybridized carbons (Fsp3) is 0.240. The van der Waals surface area contributed by atoms with Gasteiger partial charge in [0.15, 0.2) is 0 Å². The van der Waals surface area contributed by atoms with Gasteiger partial charge in [-0.05, 0) is 35.9 Å². The van der Waals surface area contributed by atoms with Gasteiger partial charge in [0.05, 0.1) is 33.2 Å². The lowest BCUT2D eigenvalue weighted by Gasteiger charge is -2.39. The Morgan fingerprint density at radius 1 is 1.20 bits per heavy atom. The Labute approximate surface area is 214 Å². The van der Waals surface area contributed by atoms with Crippen LogP contribution in [0.3, 0.4) is 0 Å². The molecule has 182 valence electrons. The van der Waals surface area contributed by atoms with E-state index in [4.69, 9.17) is 0 Å². The Morgan fingerprint density at radius 2 is 1.91 bits per heavy atom. The molecule has 35 heavy (non-hydrogen) atoms. The number of nitrogens with zero attached hydrogens (tertiary/aromatic N) is 3. The molecule has 6 nitrogen and oxygen atoms in total. The summed E-state index contributed by atoms with van der Waals surface area (Å²) in [7, 11) is 0. The quantitative estimate of drug-likeness (QED) is 0.319. The Hall–Kier alpha value is -2.99. The average Bonchev–Trinajstić information content (AvgIpc) is 2.83. The van der Waals surface area contributed by atoms with Crippen LogP contribution in [-0.2, 0) is 0 Å². The number of nitrogens with one attached hydrogen (secondary N) is 1. The first-order valence-corrected chi connectivity index (χ1v) is 12.0. The Kier molecular flexibility index (Phi) is 7.41. The van der Waals surface area contributed by atoms with Gasteiger partial charge in [-0.3, -0.25) is 9.78 Å². The summed E-state index contributed by atoms with van der Waals surface area (Å²) in [5.74, 6) is -3.69. The van der Waals surface area contributed by atoms with Crippen LogP contribution in [-0.4, -0.2) is 44.1 Å². The number of halogens is 4. The van der Waals surface area contributed by atoms with Crippen molar-refractivity contribution in [3.63, 3.8) is 0 Å². The van der Waals surface area contributed by atoms with E-state index in [0.717, 1.165) is 24.3 Å². The van der Waals surface area contributed by atoms with Crippen molar-refractivity contribution in [2.75, 3.05) is 23.3 Å². The van der Waals surface area contributed by atoms with Gasteiger partial charge in [-0.25, -0.2) is 18.2 Å². The van der Waals surface area contributed by atoms with E-state index in [-0.39, 0.29) is 21.1 Å². The molecular formula is C25H22F3IN4O2. The highest BCUT2D eigenvalue weighted by molar-refractivity contribution is 14.1. The van der Waals surface area contributed by atoms with Crippen molar-refractivity contribution in [3.8, 4) is 11.3 Å². The van der Waals surface area contributed by atoms with E-state index in [1.54, 1.807) is 12.3 Å². The zero-order valence-corrected chi connectivity index (χ0v) is 20.8. The molecule has 1 aliphatic rings. The zero-order valence-electron chi connectivity index (χ0n) is 18.7. The number of hydrogen-bond donors (Lipinski definition) is 2. The average molecular weight is 594 g/mol. The molecule has 0 aliphatic carbocycles. The Morgan fingerprint density at radius 3 is 2.57 bits per heavy atom. The molecule has 4 rings (SSSR count). The maximum atomic E-state index is 14.6. The predicted octanol–water partition coefficient (Wildman–Crippen LogP) is 5.08. The van der Waals surface area contributed by atoms with Crippen LogP contribution in [0.15, 0.2) is 49.3 Å². The SMILES string of the molecule is C=Cc1cc(F)c(-c2nc(C(=O)Nc3cnccc3N3CC(I)[C@H](O)[C@@H](C)C3)ccc2F)c(F)c1. The van der Waals surface area contributed by atoms with Crippen molar-refractivity contribution < 1.29 is 23.1 Å². The number of aliphatic hydroxyl groups excluding tert-OH is 1. The minimum absolute atomic E-state index is 0.00772. The second kappa shape index (κ2) is 10.3. The molecule has 0 spiro atoms. The van der Waals surface area contributed by atoms with Gasteiger partial charge < -0.3 is 15.3 Å². The Bertz CT molecular complexity index is 1250. The summed E-state index contributed by atoms with van der Waals surface area (Å²) in [6.07, 6.45) is 3.90. The van der Waals surface area contributed by atoms with Crippen molar-refractivity contribution in [2.45, 2.75) is 17.0 Å². The van der Waals surface area contributed by atoms with E-state index >= 15 is 0 Å². The number of aromatic nitrogens is 2. The highest BCUT2D eigenvalue weighted by Crippen LogP contribution is 2.32. The molecule has 1 fully saturated rings. The number of carbonyl (C=O) groups excluding carboxylic acids is 1.